The summed E-state index contributed by atoms with van der Waals surface area (Å²) in [6, 6.07) is 5.00. The first-order valence-electron chi connectivity index (χ1n) is 8.18. The minimum Gasteiger partial charge on any atom is -0.383 e. The molecule has 10 heteroatoms. The lowest BCUT2D eigenvalue weighted by Gasteiger charge is -2.09. The van der Waals surface area contributed by atoms with Crippen molar-refractivity contribution in [1.29, 1.82) is 0 Å². The van der Waals surface area contributed by atoms with Crippen LogP contribution in [0.2, 0.25) is 10.0 Å². The van der Waals surface area contributed by atoms with Gasteiger partial charge in [-0.25, -0.2) is 4.79 Å². The van der Waals surface area contributed by atoms with E-state index in [4.69, 9.17) is 27.9 Å². The van der Waals surface area contributed by atoms with Gasteiger partial charge in [0.1, 0.15) is 0 Å². The standard InChI is InChI=1S/C17H19Cl2N5O3/c1-22-13-14(21-16(22)20-6-7-27-3)23(2)17(26)24(15(13)25)9-10-4-5-11(18)12(19)8-10/h4-5,8H,6-7,9H2,1-3H3,(H,20,21). The lowest BCUT2D eigenvalue weighted by molar-refractivity contribution is 0.210. The van der Waals surface area contributed by atoms with Gasteiger partial charge in [-0.3, -0.25) is 13.9 Å². The topological polar surface area (TPSA) is 83.1 Å². The van der Waals surface area contributed by atoms with Gasteiger partial charge in [0, 0.05) is 27.7 Å². The van der Waals surface area contributed by atoms with E-state index in [1.807, 2.05) is 0 Å². The van der Waals surface area contributed by atoms with Crippen LogP contribution in [-0.2, 0) is 25.4 Å². The Bertz CT molecular complexity index is 1120. The second kappa shape index (κ2) is 7.75. The highest BCUT2D eigenvalue weighted by Crippen LogP contribution is 2.22. The van der Waals surface area contributed by atoms with Crippen molar-refractivity contribution in [3.05, 3.63) is 54.6 Å². The molecule has 0 spiro atoms. The fourth-order valence-electron chi connectivity index (χ4n) is 2.83. The highest BCUT2D eigenvalue weighted by Gasteiger charge is 2.18. The normalized spacial score (nSPS) is 11.3. The molecule has 0 saturated carbocycles. The Hall–Kier alpha value is -2.29. The zero-order chi connectivity index (χ0) is 19.7. The number of benzene rings is 1. The van der Waals surface area contributed by atoms with Crippen LogP contribution in [0.25, 0.3) is 11.2 Å². The molecule has 144 valence electrons. The molecule has 0 amide bonds. The predicted octanol–water partition coefficient (Wildman–Crippen LogP) is 1.85. The third kappa shape index (κ3) is 3.60. The van der Waals surface area contributed by atoms with Gasteiger partial charge >= 0.3 is 5.69 Å². The van der Waals surface area contributed by atoms with Crippen LogP contribution in [-0.4, -0.2) is 38.9 Å². The molecule has 1 N–H and O–H groups in total. The van der Waals surface area contributed by atoms with Crippen molar-refractivity contribution in [2.45, 2.75) is 6.54 Å². The average molecular weight is 412 g/mol. The molecule has 0 aliphatic heterocycles. The number of aromatic nitrogens is 4. The number of nitrogens with one attached hydrogen (secondary N) is 1. The van der Waals surface area contributed by atoms with Gasteiger partial charge in [0.2, 0.25) is 5.95 Å². The second-order valence-corrected chi connectivity index (χ2v) is 6.88. The molecule has 3 rings (SSSR count). The fourth-order valence-corrected chi connectivity index (χ4v) is 3.15. The quantitative estimate of drug-likeness (QED) is 0.625. The Labute approximate surface area is 164 Å². The van der Waals surface area contributed by atoms with Crippen LogP contribution < -0.4 is 16.6 Å². The molecule has 0 aliphatic carbocycles. The predicted molar refractivity (Wildman–Crippen MR) is 106 cm³/mol. The number of nitrogens with zero attached hydrogens (tertiary/aromatic N) is 4. The minimum absolute atomic E-state index is 0.0793. The van der Waals surface area contributed by atoms with Crippen molar-refractivity contribution in [1.82, 2.24) is 18.7 Å². The van der Waals surface area contributed by atoms with Gasteiger partial charge in [0.05, 0.1) is 23.2 Å². The molecule has 27 heavy (non-hydrogen) atoms. The summed E-state index contributed by atoms with van der Waals surface area (Å²) < 4.78 is 9.16. The first kappa shape index (κ1) is 19.5. The van der Waals surface area contributed by atoms with E-state index >= 15 is 0 Å². The Balaban J connectivity index is 2.11. The van der Waals surface area contributed by atoms with Gasteiger partial charge in [-0.1, -0.05) is 29.3 Å². The van der Waals surface area contributed by atoms with E-state index in [2.05, 4.69) is 10.3 Å². The Morgan fingerprint density at radius 1 is 1.15 bits per heavy atom. The number of ether oxygens (including phenoxy) is 1. The van der Waals surface area contributed by atoms with Crippen molar-refractivity contribution in [3.8, 4) is 0 Å². The van der Waals surface area contributed by atoms with Crippen LogP contribution in [0.3, 0.4) is 0 Å². The van der Waals surface area contributed by atoms with Crippen molar-refractivity contribution < 1.29 is 4.74 Å². The van der Waals surface area contributed by atoms with Crippen molar-refractivity contribution in [2.24, 2.45) is 14.1 Å². The van der Waals surface area contributed by atoms with Crippen LogP contribution >= 0.6 is 23.2 Å². The first-order chi connectivity index (χ1) is 12.8. The van der Waals surface area contributed by atoms with Crippen LogP contribution in [0, 0.1) is 0 Å². The number of methoxy groups -OCH3 is 1. The minimum atomic E-state index is -0.458. The van der Waals surface area contributed by atoms with Crippen molar-refractivity contribution in [3.63, 3.8) is 0 Å². The summed E-state index contributed by atoms with van der Waals surface area (Å²) in [5, 5.41) is 3.87. The number of anilines is 1. The maximum absolute atomic E-state index is 13.0. The van der Waals surface area contributed by atoms with Gasteiger partial charge < -0.3 is 14.6 Å². The number of imidazole rings is 1. The molecule has 0 saturated heterocycles. The summed E-state index contributed by atoms with van der Waals surface area (Å²) in [5.74, 6) is 0.487. The van der Waals surface area contributed by atoms with Gasteiger partial charge in [-0.15, -0.1) is 0 Å². The van der Waals surface area contributed by atoms with Crippen LogP contribution in [0.1, 0.15) is 5.56 Å². The third-order valence-electron chi connectivity index (χ3n) is 4.27. The summed E-state index contributed by atoms with van der Waals surface area (Å²) in [4.78, 5) is 30.1. The second-order valence-electron chi connectivity index (χ2n) is 6.07. The Morgan fingerprint density at radius 2 is 1.89 bits per heavy atom. The van der Waals surface area contributed by atoms with Crippen molar-refractivity contribution in [2.75, 3.05) is 25.6 Å². The molecule has 3 aromatic rings. The summed E-state index contributed by atoms with van der Waals surface area (Å²) >= 11 is 12.0. The molecule has 8 nitrogen and oxygen atoms in total. The lowest BCUT2D eigenvalue weighted by atomic mass is 10.2. The Kier molecular flexibility index (Phi) is 5.59. The van der Waals surface area contributed by atoms with Gasteiger partial charge in [0.15, 0.2) is 11.2 Å². The van der Waals surface area contributed by atoms with Crippen LogP contribution in [0.4, 0.5) is 5.95 Å². The monoisotopic (exact) mass is 411 g/mol. The highest BCUT2D eigenvalue weighted by atomic mass is 35.5. The molecule has 0 bridgehead atoms. The third-order valence-corrected chi connectivity index (χ3v) is 5.01. The molecule has 1 aromatic carbocycles. The maximum Gasteiger partial charge on any atom is 0.332 e. The van der Waals surface area contributed by atoms with Gasteiger partial charge in [0.25, 0.3) is 5.56 Å². The van der Waals surface area contributed by atoms with Crippen LogP contribution in [0.5, 0.6) is 0 Å². The van der Waals surface area contributed by atoms with Crippen molar-refractivity contribution >= 4 is 40.3 Å². The smallest absolute Gasteiger partial charge is 0.332 e. The summed E-state index contributed by atoms with van der Waals surface area (Å²) in [6.45, 7) is 1.10. The number of hydrogen-bond donors (Lipinski definition) is 1. The zero-order valence-corrected chi connectivity index (χ0v) is 16.6. The molecule has 0 unspecified atom stereocenters. The number of hydrogen-bond acceptors (Lipinski definition) is 5. The number of halogens is 2. The van der Waals surface area contributed by atoms with Crippen LogP contribution in [0.15, 0.2) is 27.8 Å². The number of fused-ring (bicyclic) bond motifs is 1. The molecule has 0 radical (unpaired) electrons. The fraction of sp³-hybridized carbons (Fsp3) is 0.353. The molecule has 0 atom stereocenters. The largest absolute Gasteiger partial charge is 0.383 e. The average Bonchev–Trinajstić information content (AvgIpc) is 2.97. The summed E-state index contributed by atoms with van der Waals surface area (Å²) in [7, 11) is 4.91. The number of aryl methyl sites for hydroxylation is 2. The van der Waals surface area contributed by atoms with E-state index < -0.39 is 11.2 Å². The molecular weight excluding hydrogens is 393 g/mol. The molecule has 2 heterocycles. The summed E-state index contributed by atoms with van der Waals surface area (Å²) in [5.41, 5.74) is 0.465. The lowest BCUT2D eigenvalue weighted by Crippen LogP contribution is -2.39. The molecule has 0 aliphatic rings. The Morgan fingerprint density at radius 3 is 2.56 bits per heavy atom. The summed E-state index contributed by atoms with van der Waals surface area (Å²) in [6.07, 6.45) is 0. The van der Waals surface area contributed by atoms with E-state index in [1.54, 1.807) is 44.0 Å². The number of rotatable bonds is 6. The van der Waals surface area contributed by atoms with E-state index in [1.165, 1.54) is 4.57 Å². The molecule has 0 fully saturated rings. The highest BCUT2D eigenvalue weighted by molar-refractivity contribution is 6.42. The molecule has 2 aromatic heterocycles. The maximum atomic E-state index is 13.0. The van der Waals surface area contributed by atoms with Gasteiger partial charge in [-0.05, 0) is 17.7 Å². The van der Waals surface area contributed by atoms with E-state index in [0.29, 0.717) is 45.9 Å². The van der Waals surface area contributed by atoms with E-state index in [9.17, 15) is 9.59 Å². The molecular formula is C17H19Cl2N5O3. The SMILES string of the molecule is COCCNc1nc2c(c(=O)n(Cc3ccc(Cl)c(Cl)c3)c(=O)n2C)n1C. The first-order valence-corrected chi connectivity index (χ1v) is 8.93. The van der Waals surface area contributed by atoms with E-state index in [0.717, 1.165) is 4.57 Å². The van der Waals surface area contributed by atoms with Gasteiger partial charge in [-0.2, -0.15) is 4.98 Å². The van der Waals surface area contributed by atoms with E-state index in [-0.39, 0.29) is 6.54 Å². The zero-order valence-electron chi connectivity index (χ0n) is 15.1.